The largest absolute Gasteiger partial charge is 0.495 e. The lowest BCUT2D eigenvalue weighted by molar-refractivity contribution is 0.291. The molecule has 0 aliphatic carbocycles. The van der Waals surface area contributed by atoms with Crippen molar-refractivity contribution in [3.05, 3.63) is 58.9 Å². The van der Waals surface area contributed by atoms with Gasteiger partial charge in [0.25, 0.3) is 10.0 Å². The first-order valence-corrected chi connectivity index (χ1v) is 12.9. The molecule has 0 unspecified atom stereocenters. The Balaban J connectivity index is 0.00000304. The average molecular weight is 534 g/mol. The standard InChI is InChI=1S/C24H27N5O5S.ClH/c1-3-15-6-7-21(19(9-15)32-2)35(30,31)28-24-22-20(34-27-24)10-17(18-5-4-8-33-23(18)22)14-29-13-16(11-25)12-26-29;/h6-7,9-10,12-13H,3-5,8,11,14,25H2,1-2H3,(H,27,28);1H. The van der Waals surface area contributed by atoms with E-state index < -0.39 is 10.0 Å². The van der Waals surface area contributed by atoms with Crippen LogP contribution in [0.5, 0.6) is 11.5 Å². The molecular weight excluding hydrogens is 506 g/mol. The summed E-state index contributed by atoms with van der Waals surface area (Å²) in [7, 11) is -2.56. The Kier molecular flexibility index (Phi) is 7.43. The van der Waals surface area contributed by atoms with E-state index >= 15 is 0 Å². The number of aromatic nitrogens is 3. The molecule has 1 aliphatic rings. The van der Waals surface area contributed by atoms with Gasteiger partial charge in [-0.05, 0) is 48.6 Å². The summed E-state index contributed by atoms with van der Waals surface area (Å²) in [6.45, 7) is 3.43. The summed E-state index contributed by atoms with van der Waals surface area (Å²) in [6, 6.07) is 6.89. The minimum absolute atomic E-state index is 0. The quantitative estimate of drug-likeness (QED) is 0.350. The number of halogens is 1. The molecule has 4 aromatic rings. The van der Waals surface area contributed by atoms with Gasteiger partial charge in [-0.1, -0.05) is 18.1 Å². The molecule has 192 valence electrons. The van der Waals surface area contributed by atoms with Crippen molar-refractivity contribution >= 4 is 39.2 Å². The molecule has 0 radical (unpaired) electrons. The third kappa shape index (κ3) is 4.73. The van der Waals surface area contributed by atoms with E-state index in [1.807, 2.05) is 23.9 Å². The highest BCUT2D eigenvalue weighted by Crippen LogP contribution is 2.41. The van der Waals surface area contributed by atoms with Crippen molar-refractivity contribution < 1.29 is 22.4 Å². The minimum Gasteiger partial charge on any atom is -0.495 e. The smallest absolute Gasteiger partial charge is 0.266 e. The highest BCUT2D eigenvalue weighted by molar-refractivity contribution is 7.92. The van der Waals surface area contributed by atoms with Crippen LogP contribution in [0.2, 0.25) is 0 Å². The number of nitrogens with two attached hydrogens (primary N) is 1. The number of aryl methyl sites for hydroxylation is 1. The Labute approximate surface area is 215 Å². The summed E-state index contributed by atoms with van der Waals surface area (Å²) < 4.78 is 47.9. The molecule has 0 saturated carbocycles. The molecule has 2 aromatic heterocycles. The second-order valence-electron chi connectivity index (χ2n) is 8.39. The van der Waals surface area contributed by atoms with E-state index in [-0.39, 0.29) is 28.9 Å². The zero-order valence-electron chi connectivity index (χ0n) is 20.0. The van der Waals surface area contributed by atoms with Crippen LogP contribution in [-0.4, -0.2) is 37.1 Å². The summed E-state index contributed by atoms with van der Waals surface area (Å²) in [5.74, 6) is 0.930. The van der Waals surface area contributed by atoms with E-state index in [2.05, 4.69) is 15.0 Å². The number of methoxy groups -OCH3 is 1. The number of benzene rings is 2. The van der Waals surface area contributed by atoms with Crippen LogP contribution in [0, 0.1) is 0 Å². The van der Waals surface area contributed by atoms with Gasteiger partial charge in [0, 0.05) is 23.9 Å². The first kappa shape index (κ1) is 25.8. The summed E-state index contributed by atoms with van der Waals surface area (Å²) in [6.07, 6.45) is 6.04. The number of ether oxygens (including phenoxy) is 2. The van der Waals surface area contributed by atoms with E-state index in [0.717, 1.165) is 41.5 Å². The minimum atomic E-state index is -4.01. The van der Waals surface area contributed by atoms with Gasteiger partial charge in [0.2, 0.25) is 0 Å². The number of nitrogens with zero attached hydrogens (tertiary/aromatic N) is 3. The van der Waals surface area contributed by atoms with Crippen LogP contribution < -0.4 is 19.9 Å². The van der Waals surface area contributed by atoms with Gasteiger partial charge in [-0.3, -0.25) is 9.40 Å². The zero-order valence-corrected chi connectivity index (χ0v) is 21.6. The highest BCUT2D eigenvalue weighted by atomic mass is 35.5. The van der Waals surface area contributed by atoms with Crippen LogP contribution in [0.1, 0.15) is 35.6 Å². The molecule has 0 amide bonds. The molecule has 2 aromatic carbocycles. The summed E-state index contributed by atoms with van der Waals surface area (Å²) in [5.41, 5.74) is 10.0. The number of hydrogen-bond acceptors (Lipinski definition) is 8. The number of anilines is 1. The average Bonchev–Trinajstić information content (AvgIpc) is 3.50. The first-order valence-electron chi connectivity index (χ1n) is 11.4. The highest BCUT2D eigenvalue weighted by Gasteiger charge is 2.28. The van der Waals surface area contributed by atoms with Gasteiger partial charge >= 0.3 is 0 Å². The fourth-order valence-corrected chi connectivity index (χ4v) is 5.50. The lowest BCUT2D eigenvalue weighted by Gasteiger charge is -2.21. The predicted molar refractivity (Wildman–Crippen MR) is 137 cm³/mol. The van der Waals surface area contributed by atoms with Gasteiger partial charge in [-0.2, -0.15) is 5.10 Å². The number of sulfonamides is 1. The molecule has 3 N–H and O–H groups in total. The predicted octanol–water partition coefficient (Wildman–Crippen LogP) is 3.65. The van der Waals surface area contributed by atoms with Crippen LogP contribution in [0.15, 0.2) is 46.1 Å². The van der Waals surface area contributed by atoms with E-state index in [9.17, 15) is 8.42 Å². The lowest BCUT2D eigenvalue weighted by Crippen LogP contribution is -2.16. The Morgan fingerprint density at radius 1 is 1.25 bits per heavy atom. The van der Waals surface area contributed by atoms with Gasteiger partial charge in [-0.25, -0.2) is 8.42 Å². The molecule has 12 heteroatoms. The molecule has 0 bridgehead atoms. The molecule has 0 fully saturated rings. The maximum Gasteiger partial charge on any atom is 0.266 e. The Morgan fingerprint density at radius 3 is 2.81 bits per heavy atom. The maximum absolute atomic E-state index is 13.3. The van der Waals surface area contributed by atoms with Crippen molar-refractivity contribution in [2.45, 2.75) is 44.2 Å². The SMILES string of the molecule is CCc1ccc(S(=O)(=O)Nc2noc3cc(Cn4cc(CN)cn4)c4c(c23)OCCC4)c(OC)c1.Cl. The van der Waals surface area contributed by atoms with Gasteiger partial charge in [0.15, 0.2) is 11.4 Å². The Hall–Kier alpha value is -3.28. The van der Waals surface area contributed by atoms with Gasteiger partial charge in [0.05, 0.1) is 26.5 Å². The van der Waals surface area contributed by atoms with E-state index in [4.69, 9.17) is 19.7 Å². The Morgan fingerprint density at radius 2 is 2.08 bits per heavy atom. The fraction of sp³-hybridized carbons (Fsp3) is 0.333. The molecule has 5 rings (SSSR count). The van der Waals surface area contributed by atoms with Crippen molar-refractivity contribution in [3.8, 4) is 11.5 Å². The Bertz CT molecular complexity index is 1500. The third-order valence-electron chi connectivity index (χ3n) is 6.14. The third-order valence-corrected chi connectivity index (χ3v) is 7.52. The number of fused-ring (bicyclic) bond motifs is 3. The van der Waals surface area contributed by atoms with E-state index in [1.165, 1.54) is 13.2 Å². The van der Waals surface area contributed by atoms with Crippen LogP contribution >= 0.6 is 12.4 Å². The fourth-order valence-electron chi connectivity index (χ4n) is 4.34. The van der Waals surface area contributed by atoms with Crippen molar-refractivity contribution in [3.63, 3.8) is 0 Å². The van der Waals surface area contributed by atoms with Crippen molar-refractivity contribution in [2.75, 3.05) is 18.4 Å². The molecule has 1 aliphatic heterocycles. The summed E-state index contributed by atoms with van der Waals surface area (Å²) >= 11 is 0. The van der Waals surface area contributed by atoms with Crippen LogP contribution in [0.4, 0.5) is 5.82 Å². The topological polar surface area (TPSA) is 134 Å². The molecule has 0 spiro atoms. The van der Waals surface area contributed by atoms with E-state index in [0.29, 0.717) is 36.4 Å². The van der Waals surface area contributed by atoms with E-state index in [1.54, 1.807) is 18.3 Å². The van der Waals surface area contributed by atoms with Gasteiger partial charge in [-0.15, -0.1) is 12.4 Å². The molecule has 0 atom stereocenters. The van der Waals surface area contributed by atoms with Gasteiger partial charge in [0.1, 0.15) is 21.8 Å². The second-order valence-corrected chi connectivity index (χ2v) is 10.0. The number of rotatable bonds is 8. The van der Waals surface area contributed by atoms with Crippen LogP contribution in [0.25, 0.3) is 11.0 Å². The zero-order chi connectivity index (χ0) is 24.6. The lowest BCUT2D eigenvalue weighted by atomic mass is 9.97. The van der Waals surface area contributed by atoms with Crippen LogP contribution in [-0.2, 0) is 36.0 Å². The first-order chi connectivity index (χ1) is 16.9. The summed E-state index contributed by atoms with van der Waals surface area (Å²) in [4.78, 5) is 0.0224. The molecular formula is C24H28ClN5O5S. The summed E-state index contributed by atoms with van der Waals surface area (Å²) in [5, 5.41) is 8.92. The van der Waals surface area contributed by atoms with Crippen molar-refractivity contribution in [1.82, 2.24) is 14.9 Å². The second kappa shape index (κ2) is 10.4. The number of hydrogen-bond donors (Lipinski definition) is 2. The maximum atomic E-state index is 13.3. The van der Waals surface area contributed by atoms with Crippen molar-refractivity contribution in [2.24, 2.45) is 5.73 Å². The van der Waals surface area contributed by atoms with Crippen molar-refractivity contribution in [1.29, 1.82) is 0 Å². The molecule has 3 heterocycles. The molecule has 10 nitrogen and oxygen atoms in total. The van der Waals surface area contributed by atoms with Crippen LogP contribution in [0.3, 0.4) is 0 Å². The normalized spacial score (nSPS) is 13.1. The van der Waals surface area contributed by atoms with Gasteiger partial charge < -0.3 is 19.7 Å². The monoisotopic (exact) mass is 533 g/mol. The number of nitrogens with one attached hydrogen (secondary N) is 1. The molecule has 36 heavy (non-hydrogen) atoms. The molecule has 0 saturated heterocycles.